The van der Waals surface area contributed by atoms with E-state index in [0.29, 0.717) is 11.1 Å². The summed E-state index contributed by atoms with van der Waals surface area (Å²) >= 11 is 0. The Morgan fingerprint density at radius 3 is 2.39 bits per heavy atom. The highest BCUT2D eigenvalue weighted by atomic mass is 32.2. The first-order valence-corrected chi connectivity index (χ1v) is 8.88. The molecule has 0 spiro atoms. The van der Waals surface area contributed by atoms with Crippen molar-refractivity contribution in [1.82, 2.24) is 10.2 Å². The molecule has 1 saturated heterocycles. The summed E-state index contributed by atoms with van der Waals surface area (Å²) in [7, 11) is -3.09. The molecular formula is C15H18F2N2O3S. The van der Waals surface area contributed by atoms with Gasteiger partial charge in [0.2, 0.25) is 0 Å². The lowest BCUT2D eigenvalue weighted by Crippen LogP contribution is -2.49. The largest absolute Gasteiger partial charge is 0.327 e. The number of carbonyl (C=O) groups excluding carboxylic acids is 1. The number of benzene rings is 1. The molecule has 0 aliphatic carbocycles. The number of rotatable bonds is 3. The number of amides is 2. The molecule has 1 aliphatic heterocycles. The van der Waals surface area contributed by atoms with Crippen LogP contribution in [-0.2, 0) is 9.84 Å². The summed E-state index contributed by atoms with van der Waals surface area (Å²) in [6, 6.07) is 2.22. The average molecular weight is 344 g/mol. The Balaban J connectivity index is 2.12. The van der Waals surface area contributed by atoms with Crippen molar-refractivity contribution in [1.29, 1.82) is 0 Å². The summed E-state index contributed by atoms with van der Waals surface area (Å²) in [5.74, 6) is -2.14. The van der Waals surface area contributed by atoms with Crippen LogP contribution >= 0.6 is 0 Å². The predicted molar refractivity (Wildman–Crippen MR) is 82.7 cm³/mol. The van der Waals surface area contributed by atoms with E-state index in [1.54, 1.807) is 6.92 Å². The van der Waals surface area contributed by atoms with Crippen LogP contribution in [0, 0.1) is 11.6 Å². The fourth-order valence-corrected chi connectivity index (χ4v) is 3.51. The maximum Gasteiger partial charge on any atom is 0.318 e. The molecular weight excluding hydrogens is 326 g/mol. The van der Waals surface area contributed by atoms with Crippen LogP contribution in [0.2, 0.25) is 0 Å². The molecule has 1 aromatic carbocycles. The maximum absolute atomic E-state index is 13.4. The van der Waals surface area contributed by atoms with E-state index in [9.17, 15) is 22.0 Å². The molecule has 0 saturated carbocycles. The van der Waals surface area contributed by atoms with Crippen LogP contribution in [0.15, 0.2) is 30.4 Å². The number of carbonyl (C=O) groups is 1. The van der Waals surface area contributed by atoms with Crippen molar-refractivity contribution >= 4 is 15.9 Å². The number of hydrogen-bond donors (Lipinski definition) is 1. The molecule has 126 valence electrons. The Bertz CT molecular complexity index is 720. The van der Waals surface area contributed by atoms with Crippen molar-refractivity contribution in [3.63, 3.8) is 0 Å². The zero-order chi connectivity index (χ0) is 17.2. The number of nitrogens with one attached hydrogen (secondary N) is 1. The zero-order valence-corrected chi connectivity index (χ0v) is 13.5. The number of halogens is 2. The number of nitrogens with zero attached hydrogens (tertiary/aromatic N) is 1. The van der Waals surface area contributed by atoms with Crippen molar-refractivity contribution < 1.29 is 22.0 Å². The summed E-state index contributed by atoms with van der Waals surface area (Å²) in [4.78, 5) is 13.6. The van der Waals surface area contributed by atoms with E-state index in [1.165, 1.54) is 11.0 Å². The number of sulfone groups is 1. The SMILES string of the molecule is C=C(C)[C@@H](NC(=O)N1CCS(=O)(=O)CC1)c1ccc(F)c(F)c1. The molecule has 1 heterocycles. The van der Waals surface area contributed by atoms with Crippen LogP contribution in [-0.4, -0.2) is 43.9 Å². The average Bonchev–Trinajstić information content (AvgIpc) is 2.47. The quantitative estimate of drug-likeness (QED) is 0.853. The van der Waals surface area contributed by atoms with E-state index in [1.807, 2.05) is 0 Å². The normalized spacial score (nSPS) is 18.3. The molecule has 2 amide bonds. The molecule has 8 heteroatoms. The van der Waals surface area contributed by atoms with E-state index in [4.69, 9.17) is 0 Å². The van der Waals surface area contributed by atoms with E-state index in [-0.39, 0.29) is 24.6 Å². The molecule has 0 radical (unpaired) electrons. The molecule has 1 aliphatic rings. The lowest BCUT2D eigenvalue weighted by Gasteiger charge is -2.29. The van der Waals surface area contributed by atoms with E-state index < -0.39 is 33.5 Å². The van der Waals surface area contributed by atoms with Gasteiger partial charge in [0.25, 0.3) is 0 Å². The second-order valence-electron chi connectivity index (χ2n) is 5.54. The van der Waals surface area contributed by atoms with Gasteiger partial charge in [-0.1, -0.05) is 18.2 Å². The monoisotopic (exact) mass is 344 g/mol. The number of hydrogen-bond acceptors (Lipinski definition) is 3. The van der Waals surface area contributed by atoms with Gasteiger partial charge in [-0.2, -0.15) is 0 Å². The van der Waals surface area contributed by atoms with Crippen LogP contribution in [0.4, 0.5) is 13.6 Å². The smallest absolute Gasteiger partial charge is 0.318 e. The van der Waals surface area contributed by atoms with Gasteiger partial charge in [0.05, 0.1) is 17.5 Å². The first kappa shape index (κ1) is 17.4. The molecule has 23 heavy (non-hydrogen) atoms. The molecule has 2 rings (SSSR count). The van der Waals surface area contributed by atoms with Crippen LogP contribution < -0.4 is 5.32 Å². The van der Waals surface area contributed by atoms with E-state index in [0.717, 1.165) is 12.1 Å². The van der Waals surface area contributed by atoms with Crippen LogP contribution in [0.25, 0.3) is 0 Å². The van der Waals surface area contributed by atoms with Crippen molar-refractivity contribution in [2.24, 2.45) is 0 Å². The minimum absolute atomic E-state index is 0.0800. The van der Waals surface area contributed by atoms with Crippen LogP contribution in [0.1, 0.15) is 18.5 Å². The summed E-state index contributed by atoms with van der Waals surface area (Å²) in [6.45, 7) is 5.63. The third-order valence-electron chi connectivity index (χ3n) is 3.67. The Labute approximate surface area is 133 Å². The topological polar surface area (TPSA) is 66.5 Å². The van der Waals surface area contributed by atoms with Gasteiger partial charge in [-0.25, -0.2) is 22.0 Å². The van der Waals surface area contributed by atoms with E-state index >= 15 is 0 Å². The third kappa shape index (κ3) is 4.28. The van der Waals surface area contributed by atoms with Crippen molar-refractivity contribution in [3.05, 3.63) is 47.5 Å². The zero-order valence-electron chi connectivity index (χ0n) is 12.7. The third-order valence-corrected chi connectivity index (χ3v) is 5.28. The van der Waals surface area contributed by atoms with Gasteiger partial charge in [0.15, 0.2) is 21.5 Å². The number of urea groups is 1. The summed E-state index contributed by atoms with van der Waals surface area (Å²) < 4.78 is 49.2. The second-order valence-corrected chi connectivity index (χ2v) is 7.84. The van der Waals surface area contributed by atoms with Gasteiger partial charge in [-0.05, 0) is 24.6 Å². The molecule has 0 unspecified atom stereocenters. The highest BCUT2D eigenvalue weighted by molar-refractivity contribution is 7.91. The van der Waals surface area contributed by atoms with Crippen molar-refractivity contribution in [2.45, 2.75) is 13.0 Å². The first-order chi connectivity index (χ1) is 10.7. The first-order valence-electron chi connectivity index (χ1n) is 7.06. The van der Waals surface area contributed by atoms with Gasteiger partial charge in [0, 0.05) is 13.1 Å². The minimum atomic E-state index is -3.09. The standard InChI is InChI=1S/C15H18F2N2O3S/c1-10(2)14(11-3-4-12(16)13(17)9-11)18-15(20)19-5-7-23(21,22)8-6-19/h3-4,9,14H,1,5-8H2,2H3,(H,18,20)/t14-/m1/s1. The Hall–Kier alpha value is -1.96. The molecule has 0 bridgehead atoms. The summed E-state index contributed by atoms with van der Waals surface area (Å²) in [6.07, 6.45) is 0. The summed E-state index contributed by atoms with van der Waals surface area (Å²) in [5.41, 5.74) is 0.920. The van der Waals surface area contributed by atoms with Gasteiger partial charge in [-0.15, -0.1) is 0 Å². The fraction of sp³-hybridized carbons (Fsp3) is 0.400. The lowest BCUT2D eigenvalue weighted by molar-refractivity contribution is 0.199. The summed E-state index contributed by atoms with van der Waals surface area (Å²) in [5, 5.41) is 2.68. The van der Waals surface area contributed by atoms with Crippen LogP contribution in [0.3, 0.4) is 0 Å². The van der Waals surface area contributed by atoms with Gasteiger partial charge in [0.1, 0.15) is 0 Å². The van der Waals surface area contributed by atoms with Crippen LogP contribution in [0.5, 0.6) is 0 Å². The predicted octanol–water partition coefficient (Wildman–Crippen LogP) is 2.02. The highest BCUT2D eigenvalue weighted by Crippen LogP contribution is 2.22. The molecule has 1 aromatic rings. The van der Waals surface area contributed by atoms with Crippen molar-refractivity contribution in [3.8, 4) is 0 Å². The van der Waals surface area contributed by atoms with Gasteiger partial charge >= 0.3 is 6.03 Å². The minimum Gasteiger partial charge on any atom is -0.327 e. The molecule has 5 nitrogen and oxygen atoms in total. The molecule has 1 fully saturated rings. The molecule has 0 aromatic heterocycles. The molecule has 1 atom stereocenters. The molecule has 1 N–H and O–H groups in total. The van der Waals surface area contributed by atoms with Crippen molar-refractivity contribution in [2.75, 3.05) is 24.6 Å². The Morgan fingerprint density at radius 2 is 1.87 bits per heavy atom. The Morgan fingerprint density at radius 1 is 1.26 bits per heavy atom. The van der Waals surface area contributed by atoms with E-state index in [2.05, 4.69) is 11.9 Å². The second kappa shape index (κ2) is 6.66. The fourth-order valence-electron chi connectivity index (χ4n) is 2.31. The highest BCUT2D eigenvalue weighted by Gasteiger charge is 2.27. The maximum atomic E-state index is 13.4. The Kier molecular flexibility index (Phi) is 5.03. The van der Waals surface area contributed by atoms with Gasteiger partial charge < -0.3 is 10.2 Å². The van der Waals surface area contributed by atoms with Gasteiger partial charge in [-0.3, -0.25) is 0 Å². The lowest BCUT2D eigenvalue weighted by atomic mass is 10.0.